The van der Waals surface area contributed by atoms with E-state index in [0.717, 1.165) is 17.7 Å². The first-order chi connectivity index (χ1) is 12.2. The Balaban J connectivity index is 1.61. The Kier molecular flexibility index (Phi) is 3.69. The molecule has 1 aliphatic rings. The summed E-state index contributed by atoms with van der Waals surface area (Å²) in [7, 11) is 1.57. The smallest absolute Gasteiger partial charge is 0.294 e. The van der Waals surface area contributed by atoms with Crippen LogP contribution in [0.3, 0.4) is 0 Å². The number of carbonyl (C=O) groups is 1. The first kappa shape index (κ1) is 15.3. The number of carbonyl (C=O) groups excluding carboxylic acids is 1. The number of benzene rings is 2. The predicted molar refractivity (Wildman–Crippen MR) is 96.9 cm³/mol. The first-order valence-corrected chi connectivity index (χ1v) is 8.11. The lowest BCUT2D eigenvalue weighted by Crippen LogP contribution is -2.28. The van der Waals surface area contributed by atoms with Gasteiger partial charge in [-0.3, -0.25) is 4.79 Å². The van der Waals surface area contributed by atoms with Crippen LogP contribution in [-0.4, -0.2) is 19.6 Å². The van der Waals surface area contributed by atoms with Crippen LogP contribution in [-0.2, 0) is 6.42 Å². The molecular weight excluding hydrogens is 316 g/mol. The van der Waals surface area contributed by atoms with E-state index in [2.05, 4.69) is 6.07 Å². The zero-order valence-corrected chi connectivity index (χ0v) is 13.9. The van der Waals surface area contributed by atoms with Gasteiger partial charge in [0.25, 0.3) is 5.91 Å². The van der Waals surface area contributed by atoms with E-state index in [1.807, 2.05) is 24.3 Å². The van der Waals surface area contributed by atoms with E-state index in [0.29, 0.717) is 29.5 Å². The number of hydrogen-bond acceptors (Lipinski definition) is 4. The molecule has 0 spiro atoms. The van der Waals surface area contributed by atoms with Crippen molar-refractivity contribution < 1.29 is 13.9 Å². The summed E-state index contributed by atoms with van der Waals surface area (Å²) in [4.78, 5) is 14.6. The minimum atomic E-state index is -0.127. The van der Waals surface area contributed by atoms with Crippen LogP contribution in [0, 0.1) is 0 Å². The van der Waals surface area contributed by atoms with Crippen molar-refractivity contribution in [2.45, 2.75) is 6.42 Å². The summed E-state index contributed by atoms with van der Waals surface area (Å²) in [6.45, 7) is 0.670. The molecule has 0 unspecified atom stereocenters. The Labute approximate surface area is 145 Å². The van der Waals surface area contributed by atoms with Crippen LogP contribution in [0.1, 0.15) is 16.1 Å². The maximum atomic E-state index is 12.8. The summed E-state index contributed by atoms with van der Waals surface area (Å²) >= 11 is 0. The van der Waals surface area contributed by atoms with E-state index in [1.165, 1.54) is 5.56 Å². The highest BCUT2D eigenvalue weighted by atomic mass is 16.5. The number of fused-ring (bicyclic) bond motifs is 1. The van der Waals surface area contributed by atoms with Crippen molar-refractivity contribution >= 4 is 17.3 Å². The summed E-state index contributed by atoms with van der Waals surface area (Å²) in [5.74, 6) is 1.41. The molecule has 0 atom stereocenters. The van der Waals surface area contributed by atoms with Crippen molar-refractivity contribution in [3.05, 3.63) is 65.9 Å². The molecule has 2 aromatic carbocycles. The van der Waals surface area contributed by atoms with Crippen LogP contribution in [0.4, 0.5) is 11.4 Å². The molecule has 0 saturated carbocycles. The van der Waals surface area contributed by atoms with Crippen molar-refractivity contribution in [2.75, 3.05) is 24.3 Å². The molecule has 3 aromatic rings. The maximum Gasteiger partial charge on any atom is 0.294 e. The van der Waals surface area contributed by atoms with Gasteiger partial charge in [-0.25, -0.2) is 0 Å². The lowest BCUT2D eigenvalue weighted by atomic mass is 10.1. The van der Waals surface area contributed by atoms with Crippen LogP contribution in [0.5, 0.6) is 5.75 Å². The molecule has 0 saturated heterocycles. The normalized spacial score (nSPS) is 12.9. The number of nitrogens with zero attached hydrogens (tertiary/aromatic N) is 1. The largest absolute Gasteiger partial charge is 0.495 e. The number of hydrogen-bond donors (Lipinski definition) is 1. The second-order valence-electron chi connectivity index (χ2n) is 5.96. The van der Waals surface area contributed by atoms with Crippen LogP contribution in [0.25, 0.3) is 11.3 Å². The van der Waals surface area contributed by atoms with Gasteiger partial charge in [-0.1, -0.05) is 18.2 Å². The average molecular weight is 334 g/mol. The molecule has 126 valence electrons. The Morgan fingerprint density at radius 2 is 2.00 bits per heavy atom. The number of amides is 1. The fourth-order valence-electron chi connectivity index (χ4n) is 3.18. The molecule has 1 amide bonds. The van der Waals surface area contributed by atoms with Crippen molar-refractivity contribution in [3.8, 4) is 17.1 Å². The van der Waals surface area contributed by atoms with Crippen molar-refractivity contribution in [1.82, 2.24) is 0 Å². The molecular formula is C20H18N2O3. The van der Waals surface area contributed by atoms with Gasteiger partial charge in [-0.2, -0.15) is 0 Å². The second-order valence-corrected chi connectivity index (χ2v) is 5.96. The van der Waals surface area contributed by atoms with Gasteiger partial charge in [-0.05, 0) is 48.4 Å². The molecule has 1 aliphatic heterocycles. The third-order valence-corrected chi connectivity index (χ3v) is 4.46. The van der Waals surface area contributed by atoms with Crippen LogP contribution in [0.15, 0.2) is 59.0 Å². The van der Waals surface area contributed by atoms with Gasteiger partial charge in [-0.15, -0.1) is 0 Å². The third kappa shape index (κ3) is 2.63. The number of ether oxygens (including phenoxy) is 1. The van der Waals surface area contributed by atoms with Gasteiger partial charge in [0.05, 0.1) is 12.8 Å². The van der Waals surface area contributed by atoms with Gasteiger partial charge >= 0.3 is 0 Å². The molecule has 25 heavy (non-hydrogen) atoms. The molecule has 5 nitrogen and oxygen atoms in total. The highest BCUT2D eigenvalue weighted by Gasteiger charge is 2.27. The highest BCUT2D eigenvalue weighted by molar-refractivity contribution is 6.05. The summed E-state index contributed by atoms with van der Waals surface area (Å²) < 4.78 is 11.0. The van der Waals surface area contributed by atoms with Gasteiger partial charge < -0.3 is 19.8 Å². The Morgan fingerprint density at radius 1 is 1.16 bits per heavy atom. The van der Waals surface area contributed by atoms with Crippen LogP contribution >= 0.6 is 0 Å². The molecule has 0 radical (unpaired) electrons. The van der Waals surface area contributed by atoms with E-state index >= 15 is 0 Å². The second kappa shape index (κ2) is 6.02. The van der Waals surface area contributed by atoms with Gasteiger partial charge in [0.1, 0.15) is 11.5 Å². The third-order valence-electron chi connectivity index (χ3n) is 4.46. The minimum Gasteiger partial charge on any atom is -0.495 e. The van der Waals surface area contributed by atoms with Crippen molar-refractivity contribution in [2.24, 2.45) is 0 Å². The molecule has 2 N–H and O–H groups in total. The fourth-order valence-corrected chi connectivity index (χ4v) is 3.18. The molecule has 0 bridgehead atoms. The number of para-hydroxylation sites is 1. The number of nitrogen functional groups attached to an aromatic ring is 1. The molecule has 4 rings (SSSR count). The topological polar surface area (TPSA) is 68.7 Å². The summed E-state index contributed by atoms with van der Waals surface area (Å²) in [6, 6.07) is 16.9. The molecule has 2 heterocycles. The Hall–Kier alpha value is -3.21. The highest BCUT2D eigenvalue weighted by Crippen LogP contribution is 2.32. The van der Waals surface area contributed by atoms with E-state index in [4.69, 9.17) is 14.9 Å². The van der Waals surface area contributed by atoms with Gasteiger partial charge in [0.2, 0.25) is 0 Å². The Bertz CT molecular complexity index is 946. The summed E-state index contributed by atoms with van der Waals surface area (Å²) in [5, 5.41) is 0. The first-order valence-electron chi connectivity index (χ1n) is 8.11. The number of furan rings is 1. The predicted octanol–water partition coefficient (Wildman–Crippen LogP) is 3.74. The number of nitrogens with two attached hydrogens (primary N) is 1. The van der Waals surface area contributed by atoms with E-state index in [-0.39, 0.29) is 5.91 Å². The standard InChI is InChI=1S/C20H18N2O3/c1-24-18-7-6-14(12-15(18)21)17-8-9-19(25-17)20(23)22-11-10-13-4-2-3-5-16(13)22/h2-9,12H,10-11,21H2,1H3. The van der Waals surface area contributed by atoms with Crippen molar-refractivity contribution in [1.29, 1.82) is 0 Å². The zero-order chi connectivity index (χ0) is 17.4. The number of rotatable bonds is 3. The minimum absolute atomic E-state index is 0.127. The number of anilines is 2. The van der Waals surface area contributed by atoms with E-state index in [1.54, 1.807) is 36.3 Å². The van der Waals surface area contributed by atoms with Crippen LogP contribution in [0.2, 0.25) is 0 Å². The monoisotopic (exact) mass is 334 g/mol. The zero-order valence-electron chi connectivity index (χ0n) is 13.9. The summed E-state index contributed by atoms with van der Waals surface area (Å²) in [6.07, 6.45) is 0.866. The maximum absolute atomic E-state index is 12.8. The molecule has 0 aliphatic carbocycles. The van der Waals surface area contributed by atoms with Gasteiger partial charge in [0.15, 0.2) is 5.76 Å². The SMILES string of the molecule is COc1ccc(-c2ccc(C(=O)N3CCc4ccccc43)o2)cc1N. The molecule has 5 heteroatoms. The fraction of sp³-hybridized carbons (Fsp3) is 0.150. The molecule has 0 fully saturated rings. The van der Waals surface area contributed by atoms with Crippen molar-refractivity contribution in [3.63, 3.8) is 0 Å². The van der Waals surface area contributed by atoms with Gasteiger partial charge in [0, 0.05) is 17.8 Å². The number of methoxy groups -OCH3 is 1. The summed E-state index contributed by atoms with van der Waals surface area (Å²) in [5.41, 5.74) is 9.42. The molecule has 1 aromatic heterocycles. The Morgan fingerprint density at radius 3 is 2.80 bits per heavy atom. The quantitative estimate of drug-likeness (QED) is 0.741. The van der Waals surface area contributed by atoms with E-state index < -0.39 is 0 Å². The van der Waals surface area contributed by atoms with E-state index in [9.17, 15) is 4.79 Å². The average Bonchev–Trinajstić information content (AvgIpc) is 3.28. The lowest BCUT2D eigenvalue weighted by Gasteiger charge is -2.15. The lowest BCUT2D eigenvalue weighted by molar-refractivity contribution is 0.0963. The van der Waals surface area contributed by atoms with Crippen LogP contribution < -0.4 is 15.4 Å².